The molecule has 0 saturated carbocycles. The number of halogens is 1. The van der Waals surface area contributed by atoms with Gasteiger partial charge in [0.2, 0.25) is 11.8 Å². The first-order chi connectivity index (χ1) is 12.0. The van der Waals surface area contributed by atoms with Gasteiger partial charge in [-0.05, 0) is 37.6 Å². The van der Waals surface area contributed by atoms with Crippen LogP contribution in [0.2, 0.25) is 0 Å². The number of benzene rings is 1. The van der Waals surface area contributed by atoms with Crippen LogP contribution in [0.15, 0.2) is 30.3 Å². The van der Waals surface area contributed by atoms with Crippen LogP contribution in [-0.4, -0.2) is 72.3 Å². The molecule has 0 aromatic heterocycles. The Morgan fingerprint density at radius 2 is 1.68 bits per heavy atom. The van der Waals surface area contributed by atoms with Crippen molar-refractivity contribution in [1.82, 2.24) is 14.7 Å². The third-order valence-corrected chi connectivity index (χ3v) is 4.45. The summed E-state index contributed by atoms with van der Waals surface area (Å²) in [5, 5.41) is 0. The summed E-state index contributed by atoms with van der Waals surface area (Å²) < 4.78 is 12.9. The van der Waals surface area contributed by atoms with E-state index in [2.05, 4.69) is 4.90 Å². The van der Waals surface area contributed by atoms with E-state index < -0.39 is 0 Å². The van der Waals surface area contributed by atoms with Gasteiger partial charge in [-0.3, -0.25) is 14.5 Å². The van der Waals surface area contributed by atoms with E-state index in [1.54, 1.807) is 23.1 Å². The molecule has 1 heterocycles. The highest BCUT2D eigenvalue weighted by Crippen LogP contribution is 2.07. The average molecular weight is 347 g/mol. The fourth-order valence-electron chi connectivity index (χ4n) is 2.84. The second kappa shape index (κ2) is 9.32. The van der Waals surface area contributed by atoms with Gasteiger partial charge in [0, 0.05) is 45.3 Å². The Kier molecular flexibility index (Phi) is 7.13. The molecule has 0 radical (unpaired) electrons. The smallest absolute Gasteiger partial charge is 0.246 e. The van der Waals surface area contributed by atoms with Crippen LogP contribution in [0.5, 0.6) is 0 Å². The second-order valence-corrected chi connectivity index (χ2v) is 6.05. The van der Waals surface area contributed by atoms with Crippen LogP contribution in [0, 0.1) is 5.82 Å². The first-order valence-corrected chi connectivity index (χ1v) is 8.76. The molecule has 1 fully saturated rings. The molecule has 1 aliphatic heterocycles. The van der Waals surface area contributed by atoms with E-state index in [1.807, 2.05) is 18.7 Å². The number of amides is 2. The molecule has 136 valence electrons. The fourth-order valence-corrected chi connectivity index (χ4v) is 2.84. The molecular weight excluding hydrogens is 321 g/mol. The SMILES string of the molecule is CCN(CC)C(=O)CN1CCN(C(=O)/C=C/c2ccc(F)cc2)CC1. The fraction of sp³-hybridized carbons (Fsp3) is 0.474. The quantitative estimate of drug-likeness (QED) is 0.738. The zero-order valence-electron chi connectivity index (χ0n) is 14.9. The van der Waals surface area contributed by atoms with Crippen molar-refractivity contribution in [2.75, 3.05) is 45.8 Å². The number of hydrogen-bond acceptors (Lipinski definition) is 3. The molecule has 0 N–H and O–H groups in total. The summed E-state index contributed by atoms with van der Waals surface area (Å²) in [4.78, 5) is 30.1. The predicted octanol–water partition coefficient (Wildman–Crippen LogP) is 1.85. The number of piperazine rings is 1. The summed E-state index contributed by atoms with van der Waals surface area (Å²) in [6, 6.07) is 6.01. The van der Waals surface area contributed by atoms with Crippen LogP contribution in [0.1, 0.15) is 19.4 Å². The highest BCUT2D eigenvalue weighted by Gasteiger charge is 2.22. The molecule has 6 heteroatoms. The highest BCUT2D eigenvalue weighted by atomic mass is 19.1. The zero-order valence-corrected chi connectivity index (χ0v) is 14.9. The summed E-state index contributed by atoms with van der Waals surface area (Å²) in [6.45, 7) is 8.43. The van der Waals surface area contributed by atoms with E-state index in [0.29, 0.717) is 32.7 Å². The Morgan fingerprint density at radius 1 is 1.08 bits per heavy atom. The first kappa shape index (κ1) is 19.1. The molecule has 0 spiro atoms. The average Bonchev–Trinajstić information content (AvgIpc) is 2.62. The Labute approximate surface area is 148 Å². The number of carbonyl (C=O) groups excluding carboxylic acids is 2. The maximum absolute atomic E-state index is 12.9. The number of hydrogen-bond donors (Lipinski definition) is 0. The van der Waals surface area contributed by atoms with Gasteiger partial charge in [0.1, 0.15) is 5.82 Å². The lowest BCUT2D eigenvalue weighted by atomic mass is 10.2. The lowest BCUT2D eigenvalue weighted by Gasteiger charge is -2.34. The molecule has 0 aliphatic carbocycles. The standard InChI is InChI=1S/C19H26FN3O2/c1-3-22(4-2)19(25)15-21-11-13-23(14-12-21)18(24)10-7-16-5-8-17(20)9-6-16/h5-10H,3-4,11-15H2,1-2H3/b10-7+. The van der Waals surface area contributed by atoms with E-state index in [4.69, 9.17) is 0 Å². The van der Waals surface area contributed by atoms with Gasteiger partial charge in [0.05, 0.1) is 6.54 Å². The molecular formula is C19H26FN3O2. The van der Waals surface area contributed by atoms with Crippen molar-refractivity contribution in [3.63, 3.8) is 0 Å². The van der Waals surface area contributed by atoms with Crippen LogP contribution in [-0.2, 0) is 9.59 Å². The number of carbonyl (C=O) groups is 2. The van der Waals surface area contributed by atoms with Gasteiger partial charge in [-0.15, -0.1) is 0 Å². The van der Waals surface area contributed by atoms with Crippen LogP contribution < -0.4 is 0 Å². The number of rotatable bonds is 6. The zero-order chi connectivity index (χ0) is 18.2. The molecule has 25 heavy (non-hydrogen) atoms. The maximum atomic E-state index is 12.9. The summed E-state index contributed by atoms with van der Waals surface area (Å²) in [5.74, 6) is -0.209. The van der Waals surface area contributed by atoms with Crippen molar-refractivity contribution in [3.05, 3.63) is 41.7 Å². The van der Waals surface area contributed by atoms with Gasteiger partial charge in [-0.2, -0.15) is 0 Å². The van der Waals surface area contributed by atoms with Gasteiger partial charge < -0.3 is 9.80 Å². The molecule has 1 saturated heterocycles. The van der Waals surface area contributed by atoms with Gasteiger partial charge in [-0.1, -0.05) is 12.1 Å². The van der Waals surface area contributed by atoms with E-state index in [9.17, 15) is 14.0 Å². The third kappa shape index (κ3) is 5.67. The molecule has 1 aliphatic rings. The Balaban J connectivity index is 1.80. The number of nitrogens with zero attached hydrogens (tertiary/aromatic N) is 3. The van der Waals surface area contributed by atoms with E-state index >= 15 is 0 Å². The summed E-state index contributed by atoms with van der Waals surface area (Å²) in [6.07, 6.45) is 3.21. The Morgan fingerprint density at radius 3 is 2.24 bits per heavy atom. The molecule has 2 amide bonds. The third-order valence-electron chi connectivity index (χ3n) is 4.45. The summed E-state index contributed by atoms with van der Waals surface area (Å²) >= 11 is 0. The highest BCUT2D eigenvalue weighted by molar-refractivity contribution is 5.91. The van der Waals surface area contributed by atoms with Crippen LogP contribution in [0.4, 0.5) is 4.39 Å². The van der Waals surface area contributed by atoms with Crippen molar-refractivity contribution in [2.45, 2.75) is 13.8 Å². The number of likely N-dealkylation sites (N-methyl/N-ethyl adjacent to an activating group) is 1. The molecule has 1 aromatic carbocycles. The second-order valence-electron chi connectivity index (χ2n) is 6.05. The topological polar surface area (TPSA) is 43.9 Å². The largest absolute Gasteiger partial charge is 0.342 e. The van der Waals surface area contributed by atoms with Gasteiger partial charge >= 0.3 is 0 Å². The van der Waals surface area contributed by atoms with Crippen LogP contribution in [0.3, 0.4) is 0 Å². The van der Waals surface area contributed by atoms with Crippen molar-refractivity contribution in [1.29, 1.82) is 0 Å². The minimum absolute atomic E-state index is 0.0564. The molecule has 2 rings (SSSR count). The molecule has 1 aromatic rings. The molecule has 0 atom stereocenters. The Bertz CT molecular complexity index is 604. The van der Waals surface area contributed by atoms with Crippen molar-refractivity contribution < 1.29 is 14.0 Å². The lowest BCUT2D eigenvalue weighted by Crippen LogP contribution is -2.51. The van der Waals surface area contributed by atoms with Crippen LogP contribution in [0.25, 0.3) is 6.08 Å². The normalized spacial score (nSPS) is 15.6. The minimum atomic E-state index is -0.293. The summed E-state index contributed by atoms with van der Waals surface area (Å²) in [7, 11) is 0. The minimum Gasteiger partial charge on any atom is -0.342 e. The van der Waals surface area contributed by atoms with Crippen molar-refractivity contribution in [2.24, 2.45) is 0 Å². The van der Waals surface area contributed by atoms with Gasteiger partial charge in [0.25, 0.3) is 0 Å². The van der Waals surface area contributed by atoms with Crippen molar-refractivity contribution in [3.8, 4) is 0 Å². The molecule has 0 unspecified atom stereocenters. The van der Waals surface area contributed by atoms with Crippen molar-refractivity contribution >= 4 is 17.9 Å². The van der Waals surface area contributed by atoms with E-state index in [0.717, 1.165) is 18.7 Å². The lowest BCUT2D eigenvalue weighted by molar-refractivity contribution is -0.133. The predicted molar refractivity (Wildman–Crippen MR) is 96.4 cm³/mol. The maximum Gasteiger partial charge on any atom is 0.246 e. The molecule has 0 bridgehead atoms. The monoisotopic (exact) mass is 347 g/mol. The van der Waals surface area contributed by atoms with E-state index in [-0.39, 0.29) is 17.6 Å². The first-order valence-electron chi connectivity index (χ1n) is 8.76. The van der Waals surface area contributed by atoms with Gasteiger partial charge in [-0.25, -0.2) is 4.39 Å². The molecule has 5 nitrogen and oxygen atoms in total. The van der Waals surface area contributed by atoms with Crippen LogP contribution >= 0.6 is 0 Å². The van der Waals surface area contributed by atoms with E-state index in [1.165, 1.54) is 18.2 Å². The summed E-state index contributed by atoms with van der Waals surface area (Å²) in [5.41, 5.74) is 0.790. The van der Waals surface area contributed by atoms with Gasteiger partial charge in [0.15, 0.2) is 0 Å². The Hall–Kier alpha value is -2.21.